The predicted octanol–water partition coefficient (Wildman–Crippen LogP) is 4.53. The van der Waals surface area contributed by atoms with Gasteiger partial charge in [0.2, 0.25) is 0 Å². The Hall–Kier alpha value is -2.27. The number of ether oxygens (including phenoxy) is 2. The maximum Gasteiger partial charge on any atom is 0.170 e. The number of para-hydroxylation sites is 1. The average Bonchev–Trinajstić information content (AvgIpc) is 2.61. The molecule has 0 bridgehead atoms. The second kappa shape index (κ2) is 8.90. The minimum absolute atomic E-state index is 0.0544. The van der Waals surface area contributed by atoms with Gasteiger partial charge in [0.05, 0.1) is 14.2 Å². The van der Waals surface area contributed by atoms with Crippen LogP contribution in [0.1, 0.15) is 31.9 Å². The fourth-order valence-corrected chi connectivity index (χ4v) is 2.98. The molecule has 4 nitrogen and oxygen atoms in total. The number of rotatable bonds is 6. The topological polar surface area (TPSA) is 42.5 Å². The van der Waals surface area contributed by atoms with E-state index in [1.807, 2.05) is 24.3 Å². The van der Waals surface area contributed by atoms with Gasteiger partial charge in [0, 0.05) is 12.2 Å². The van der Waals surface area contributed by atoms with Crippen molar-refractivity contribution in [2.45, 2.75) is 32.6 Å². The SMILES string of the molecule is COc1ccc(CCNC(=S)Nc2ccccc2C(C)(C)C)cc1OC. The molecule has 5 heteroatoms. The summed E-state index contributed by atoms with van der Waals surface area (Å²) in [7, 11) is 3.28. The number of anilines is 1. The van der Waals surface area contributed by atoms with E-state index < -0.39 is 0 Å². The molecule has 2 aromatic rings. The van der Waals surface area contributed by atoms with Crippen LogP contribution >= 0.6 is 12.2 Å². The van der Waals surface area contributed by atoms with Crippen LogP contribution in [-0.2, 0) is 11.8 Å². The van der Waals surface area contributed by atoms with Gasteiger partial charge in [-0.1, -0.05) is 45.0 Å². The van der Waals surface area contributed by atoms with Crippen molar-refractivity contribution in [2.24, 2.45) is 0 Å². The third-order valence-corrected chi connectivity index (χ3v) is 4.38. The largest absolute Gasteiger partial charge is 0.493 e. The highest BCUT2D eigenvalue weighted by Crippen LogP contribution is 2.29. The van der Waals surface area contributed by atoms with Crippen molar-refractivity contribution in [2.75, 3.05) is 26.1 Å². The molecule has 140 valence electrons. The van der Waals surface area contributed by atoms with E-state index in [1.54, 1.807) is 14.2 Å². The fraction of sp³-hybridized carbons (Fsp3) is 0.381. The normalized spacial score (nSPS) is 11.0. The second-order valence-electron chi connectivity index (χ2n) is 7.12. The second-order valence-corrected chi connectivity index (χ2v) is 7.52. The van der Waals surface area contributed by atoms with Gasteiger partial charge in [-0.2, -0.15) is 0 Å². The molecule has 26 heavy (non-hydrogen) atoms. The van der Waals surface area contributed by atoms with Crippen LogP contribution in [0.4, 0.5) is 5.69 Å². The van der Waals surface area contributed by atoms with Crippen molar-refractivity contribution < 1.29 is 9.47 Å². The van der Waals surface area contributed by atoms with Gasteiger partial charge in [0.25, 0.3) is 0 Å². The molecule has 0 unspecified atom stereocenters. The van der Waals surface area contributed by atoms with E-state index in [1.165, 1.54) is 5.56 Å². The monoisotopic (exact) mass is 372 g/mol. The number of methoxy groups -OCH3 is 2. The molecule has 2 aromatic carbocycles. The lowest BCUT2D eigenvalue weighted by Crippen LogP contribution is -2.31. The van der Waals surface area contributed by atoms with Crippen LogP contribution in [0.15, 0.2) is 42.5 Å². The van der Waals surface area contributed by atoms with Crippen LogP contribution < -0.4 is 20.1 Å². The summed E-state index contributed by atoms with van der Waals surface area (Å²) in [6.45, 7) is 7.32. The van der Waals surface area contributed by atoms with E-state index in [2.05, 4.69) is 49.6 Å². The fourth-order valence-electron chi connectivity index (χ4n) is 2.77. The molecule has 2 N–H and O–H groups in total. The first kappa shape index (κ1) is 20.0. The lowest BCUT2D eigenvalue weighted by atomic mass is 9.86. The van der Waals surface area contributed by atoms with Gasteiger partial charge in [-0.05, 0) is 53.4 Å². The summed E-state index contributed by atoms with van der Waals surface area (Å²) in [5.41, 5.74) is 3.50. The Morgan fingerprint density at radius 1 is 1.00 bits per heavy atom. The van der Waals surface area contributed by atoms with E-state index in [-0.39, 0.29) is 5.41 Å². The number of hydrogen-bond donors (Lipinski definition) is 2. The van der Waals surface area contributed by atoms with Gasteiger partial charge in [0.15, 0.2) is 16.6 Å². The zero-order chi connectivity index (χ0) is 19.2. The van der Waals surface area contributed by atoms with Crippen molar-refractivity contribution in [3.05, 3.63) is 53.6 Å². The highest BCUT2D eigenvalue weighted by Gasteiger charge is 2.17. The van der Waals surface area contributed by atoms with Crippen LogP contribution in [0.5, 0.6) is 11.5 Å². The molecular weight excluding hydrogens is 344 g/mol. The van der Waals surface area contributed by atoms with E-state index in [4.69, 9.17) is 21.7 Å². The van der Waals surface area contributed by atoms with Crippen molar-refractivity contribution in [3.63, 3.8) is 0 Å². The minimum Gasteiger partial charge on any atom is -0.493 e. The Labute approximate surface area is 161 Å². The lowest BCUT2D eigenvalue weighted by molar-refractivity contribution is 0.354. The number of benzene rings is 2. The van der Waals surface area contributed by atoms with E-state index >= 15 is 0 Å². The average molecular weight is 373 g/mol. The zero-order valence-corrected chi connectivity index (χ0v) is 17.0. The smallest absolute Gasteiger partial charge is 0.170 e. The molecule has 0 aliphatic carbocycles. The van der Waals surface area contributed by atoms with E-state index in [0.29, 0.717) is 5.11 Å². The zero-order valence-electron chi connectivity index (χ0n) is 16.2. The first-order valence-electron chi connectivity index (χ1n) is 8.70. The summed E-state index contributed by atoms with van der Waals surface area (Å²) in [6, 6.07) is 14.2. The molecule has 0 amide bonds. The van der Waals surface area contributed by atoms with Crippen LogP contribution in [0.25, 0.3) is 0 Å². The molecule has 0 heterocycles. The van der Waals surface area contributed by atoms with Gasteiger partial charge >= 0.3 is 0 Å². The summed E-state index contributed by atoms with van der Waals surface area (Å²) >= 11 is 5.46. The molecule has 2 rings (SSSR count). The highest BCUT2D eigenvalue weighted by molar-refractivity contribution is 7.80. The molecule has 0 aromatic heterocycles. The Balaban J connectivity index is 1.92. The molecule has 0 fully saturated rings. The van der Waals surface area contributed by atoms with Crippen molar-refractivity contribution >= 4 is 23.0 Å². The summed E-state index contributed by atoms with van der Waals surface area (Å²) in [5, 5.41) is 7.22. The first-order valence-corrected chi connectivity index (χ1v) is 9.11. The summed E-state index contributed by atoms with van der Waals surface area (Å²) in [5.74, 6) is 1.48. The first-order chi connectivity index (χ1) is 12.3. The number of thiocarbonyl (C=S) groups is 1. The number of nitrogens with one attached hydrogen (secondary N) is 2. The molecule has 0 saturated heterocycles. The maximum atomic E-state index is 5.46. The third-order valence-electron chi connectivity index (χ3n) is 4.13. The molecular formula is C21H28N2O2S. The van der Waals surface area contributed by atoms with Crippen molar-refractivity contribution in [1.29, 1.82) is 0 Å². The van der Waals surface area contributed by atoms with Gasteiger partial charge in [0.1, 0.15) is 0 Å². The Kier molecular flexibility index (Phi) is 6.86. The Bertz CT molecular complexity index is 754. The highest BCUT2D eigenvalue weighted by atomic mass is 32.1. The molecule has 0 atom stereocenters. The van der Waals surface area contributed by atoms with Crippen LogP contribution in [0.3, 0.4) is 0 Å². The molecule has 0 aliphatic rings. The van der Waals surface area contributed by atoms with Crippen LogP contribution in [0.2, 0.25) is 0 Å². The Morgan fingerprint density at radius 3 is 2.35 bits per heavy atom. The summed E-state index contributed by atoms with van der Waals surface area (Å²) < 4.78 is 10.6. The van der Waals surface area contributed by atoms with Gasteiger partial charge in [-0.3, -0.25) is 0 Å². The van der Waals surface area contributed by atoms with E-state index in [9.17, 15) is 0 Å². The minimum atomic E-state index is 0.0544. The van der Waals surface area contributed by atoms with Crippen LogP contribution in [0, 0.1) is 0 Å². The molecule has 0 radical (unpaired) electrons. The summed E-state index contributed by atoms with van der Waals surface area (Å²) in [4.78, 5) is 0. The van der Waals surface area contributed by atoms with Crippen LogP contribution in [-0.4, -0.2) is 25.9 Å². The van der Waals surface area contributed by atoms with Crippen molar-refractivity contribution in [1.82, 2.24) is 5.32 Å². The van der Waals surface area contributed by atoms with Crippen molar-refractivity contribution in [3.8, 4) is 11.5 Å². The third kappa shape index (κ3) is 5.36. The molecule has 0 saturated carbocycles. The quantitative estimate of drug-likeness (QED) is 0.729. The van der Waals surface area contributed by atoms with E-state index in [0.717, 1.165) is 35.7 Å². The molecule has 0 aliphatic heterocycles. The molecule has 0 spiro atoms. The summed E-state index contributed by atoms with van der Waals surface area (Å²) in [6.07, 6.45) is 0.836. The maximum absolute atomic E-state index is 5.46. The van der Waals surface area contributed by atoms with Gasteiger partial charge < -0.3 is 20.1 Å². The lowest BCUT2D eigenvalue weighted by Gasteiger charge is -2.23. The van der Waals surface area contributed by atoms with Gasteiger partial charge in [-0.15, -0.1) is 0 Å². The Morgan fingerprint density at radius 2 is 1.69 bits per heavy atom. The number of hydrogen-bond acceptors (Lipinski definition) is 3. The van der Waals surface area contributed by atoms with Gasteiger partial charge in [-0.25, -0.2) is 0 Å². The predicted molar refractivity (Wildman–Crippen MR) is 113 cm³/mol. The standard InChI is InChI=1S/C21H28N2O2S/c1-21(2,3)16-8-6-7-9-17(16)23-20(26)22-13-12-15-10-11-18(24-4)19(14-15)25-5/h6-11,14H,12-13H2,1-5H3,(H2,22,23,26).